The summed E-state index contributed by atoms with van der Waals surface area (Å²) in [6.45, 7) is 2.36. The molecule has 0 spiro atoms. The van der Waals surface area contributed by atoms with Crippen LogP contribution >= 0.6 is 24.8 Å². The third-order valence-corrected chi connectivity index (χ3v) is 3.81. The van der Waals surface area contributed by atoms with Gasteiger partial charge in [-0.15, -0.1) is 24.8 Å². The number of hydrogen-bond donors (Lipinski definition) is 2. The van der Waals surface area contributed by atoms with Crippen LogP contribution in [0, 0.1) is 0 Å². The van der Waals surface area contributed by atoms with E-state index in [0.29, 0.717) is 0 Å². The molecule has 1 heterocycles. The Morgan fingerprint density at radius 2 is 1.67 bits per heavy atom. The van der Waals surface area contributed by atoms with Crippen molar-refractivity contribution in [3.05, 3.63) is 35.9 Å². The summed E-state index contributed by atoms with van der Waals surface area (Å²) in [4.78, 5) is 0. The Balaban J connectivity index is 0.000000810. The molecule has 0 bridgehead atoms. The molecule has 1 saturated carbocycles. The third-order valence-electron chi connectivity index (χ3n) is 3.81. The van der Waals surface area contributed by atoms with Gasteiger partial charge in [0, 0.05) is 18.0 Å². The van der Waals surface area contributed by atoms with Crippen molar-refractivity contribution in [1.29, 1.82) is 0 Å². The molecule has 2 fully saturated rings. The van der Waals surface area contributed by atoms with Crippen LogP contribution in [-0.2, 0) is 0 Å². The van der Waals surface area contributed by atoms with E-state index in [1.54, 1.807) is 0 Å². The van der Waals surface area contributed by atoms with E-state index in [4.69, 9.17) is 0 Å². The second-order valence-corrected chi connectivity index (χ2v) is 5.05. The number of halogens is 2. The van der Waals surface area contributed by atoms with Crippen LogP contribution in [0.25, 0.3) is 0 Å². The molecule has 4 heteroatoms. The molecule has 1 aliphatic heterocycles. The van der Waals surface area contributed by atoms with Crippen molar-refractivity contribution in [2.45, 2.75) is 37.3 Å². The van der Waals surface area contributed by atoms with Gasteiger partial charge in [-0.2, -0.15) is 0 Å². The van der Waals surface area contributed by atoms with E-state index >= 15 is 0 Å². The van der Waals surface area contributed by atoms with Crippen LogP contribution in [-0.4, -0.2) is 25.2 Å². The average Bonchev–Trinajstić information content (AvgIpc) is 3.11. The van der Waals surface area contributed by atoms with Gasteiger partial charge in [0.05, 0.1) is 0 Å². The highest BCUT2D eigenvalue weighted by molar-refractivity contribution is 5.85. The first-order valence-corrected chi connectivity index (χ1v) is 6.45. The van der Waals surface area contributed by atoms with Crippen LogP contribution in [0.5, 0.6) is 0 Å². The Hall–Kier alpha value is -0.280. The minimum Gasteiger partial charge on any atom is -0.317 e. The number of benzene rings is 1. The molecule has 3 rings (SSSR count). The van der Waals surface area contributed by atoms with E-state index in [2.05, 4.69) is 41.0 Å². The lowest BCUT2D eigenvalue weighted by Crippen LogP contribution is -2.41. The fourth-order valence-electron chi connectivity index (χ4n) is 2.74. The minimum atomic E-state index is 0. The van der Waals surface area contributed by atoms with Crippen LogP contribution in [0.4, 0.5) is 0 Å². The topological polar surface area (TPSA) is 24.1 Å². The summed E-state index contributed by atoms with van der Waals surface area (Å²) in [5, 5.41) is 7.21. The largest absolute Gasteiger partial charge is 0.317 e. The van der Waals surface area contributed by atoms with E-state index in [-0.39, 0.29) is 24.8 Å². The van der Waals surface area contributed by atoms with Gasteiger partial charge in [0.15, 0.2) is 0 Å². The van der Waals surface area contributed by atoms with Gasteiger partial charge in [-0.25, -0.2) is 0 Å². The molecule has 2 nitrogen and oxygen atoms in total. The van der Waals surface area contributed by atoms with E-state index < -0.39 is 0 Å². The molecule has 18 heavy (non-hydrogen) atoms. The van der Waals surface area contributed by atoms with Crippen molar-refractivity contribution < 1.29 is 0 Å². The summed E-state index contributed by atoms with van der Waals surface area (Å²) in [5.74, 6) is 0.774. The molecule has 1 aliphatic carbocycles. The molecule has 102 valence electrons. The van der Waals surface area contributed by atoms with Crippen LogP contribution in [0.15, 0.2) is 30.3 Å². The maximum absolute atomic E-state index is 3.80. The van der Waals surface area contributed by atoms with Gasteiger partial charge in [0.1, 0.15) is 0 Å². The van der Waals surface area contributed by atoms with Crippen molar-refractivity contribution in [2.75, 3.05) is 13.1 Å². The molecule has 2 aliphatic rings. The number of piperidine rings is 1. The predicted molar refractivity (Wildman–Crippen MR) is 81.1 cm³/mol. The Labute approximate surface area is 122 Å². The molecule has 1 saturated heterocycles. The molecule has 2 N–H and O–H groups in total. The van der Waals surface area contributed by atoms with E-state index in [1.807, 2.05) is 0 Å². The highest BCUT2D eigenvalue weighted by Gasteiger charge is 2.39. The predicted octanol–water partition coefficient (Wildman–Crippen LogP) is 2.73. The van der Waals surface area contributed by atoms with Crippen LogP contribution < -0.4 is 10.6 Å². The normalized spacial score (nSPS) is 26.9. The summed E-state index contributed by atoms with van der Waals surface area (Å²) in [6.07, 6.45) is 3.91. The number of nitrogens with one attached hydrogen (secondary N) is 2. The highest BCUT2D eigenvalue weighted by atomic mass is 35.5. The van der Waals surface area contributed by atoms with Gasteiger partial charge < -0.3 is 10.6 Å². The lowest BCUT2D eigenvalue weighted by molar-refractivity contribution is 0.383. The molecular formula is C14H22Cl2N2. The zero-order valence-corrected chi connectivity index (χ0v) is 12.1. The van der Waals surface area contributed by atoms with Crippen molar-refractivity contribution in [1.82, 2.24) is 10.6 Å². The highest BCUT2D eigenvalue weighted by Crippen LogP contribution is 2.41. The standard InChI is InChI=1S/C14H20N2.2ClH/c1-2-4-11(5-3-1)13-10-14(13)16-12-6-8-15-9-7-12;;/h1-5,12-16H,6-10H2;2*1H. The maximum Gasteiger partial charge on any atom is 0.0145 e. The molecule has 0 radical (unpaired) electrons. The Morgan fingerprint density at radius 3 is 2.33 bits per heavy atom. The summed E-state index contributed by atoms with van der Waals surface area (Å²) in [6, 6.07) is 12.4. The molecule has 1 aromatic rings. The van der Waals surface area contributed by atoms with Crippen molar-refractivity contribution in [2.24, 2.45) is 0 Å². The van der Waals surface area contributed by atoms with Gasteiger partial charge in [0.2, 0.25) is 0 Å². The zero-order valence-electron chi connectivity index (χ0n) is 10.5. The van der Waals surface area contributed by atoms with Crippen molar-refractivity contribution in [3.8, 4) is 0 Å². The molecular weight excluding hydrogens is 267 g/mol. The van der Waals surface area contributed by atoms with E-state index in [1.165, 1.54) is 37.9 Å². The van der Waals surface area contributed by atoms with Gasteiger partial charge in [-0.1, -0.05) is 30.3 Å². The third kappa shape index (κ3) is 3.86. The van der Waals surface area contributed by atoms with Crippen molar-refractivity contribution >= 4 is 24.8 Å². The van der Waals surface area contributed by atoms with Gasteiger partial charge in [0.25, 0.3) is 0 Å². The molecule has 2 unspecified atom stereocenters. The SMILES string of the molecule is Cl.Cl.c1ccc(C2CC2NC2CCNCC2)cc1. The van der Waals surface area contributed by atoms with Crippen LogP contribution in [0.2, 0.25) is 0 Å². The van der Waals surface area contributed by atoms with Crippen LogP contribution in [0.1, 0.15) is 30.7 Å². The lowest BCUT2D eigenvalue weighted by Gasteiger charge is -2.24. The van der Waals surface area contributed by atoms with Gasteiger partial charge in [-0.3, -0.25) is 0 Å². The lowest BCUT2D eigenvalue weighted by atomic mass is 10.1. The fourth-order valence-corrected chi connectivity index (χ4v) is 2.74. The summed E-state index contributed by atoms with van der Waals surface area (Å²) >= 11 is 0. The number of rotatable bonds is 3. The summed E-state index contributed by atoms with van der Waals surface area (Å²) < 4.78 is 0. The fraction of sp³-hybridized carbons (Fsp3) is 0.571. The molecule has 2 atom stereocenters. The molecule has 1 aromatic carbocycles. The van der Waals surface area contributed by atoms with E-state index in [9.17, 15) is 0 Å². The molecule has 0 aromatic heterocycles. The number of hydrogen-bond acceptors (Lipinski definition) is 2. The van der Waals surface area contributed by atoms with E-state index in [0.717, 1.165) is 18.0 Å². The first kappa shape index (κ1) is 15.8. The Morgan fingerprint density at radius 1 is 1.00 bits per heavy atom. The average molecular weight is 289 g/mol. The maximum atomic E-state index is 3.80. The summed E-state index contributed by atoms with van der Waals surface area (Å²) in [7, 11) is 0. The second kappa shape index (κ2) is 7.34. The zero-order chi connectivity index (χ0) is 10.8. The molecule has 0 amide bonds. The Bertz CT molecular complexity index is 339. The smallest absolute Gasteiger partial charge is 0.0145 e. The monoisotopic (exact) mass is 288 g/mol. The Kier molecular flexibility index (Phi) is 6.44. The quantitative estimate of drug-likeness (QED) is 0.894. The first-order valence-electron chi connectivity index (χ1n) is 6.45. The van der Waals surface area contributed by atoms with Gasteiger partial charge >= 0.3 is 0 Å². The van der Waals surface area contributed by atoms with Gasteiger partial charge in [-0.05, 0) is 37.9 Å². The van der Waals surface area contributed by atoms with Crippen molar-refractivity contribution in [3.63, 3.8) is 0 Å². The summed E-state index contributed by atoms with van der Waals surface area (Å²) in [5.41, 5.74) is 1.51. The second-order valence-electron chi connectivity index (χ2n) is 5.05. The first-order chi connectivity index (χ1) is 7.93. The minimum absolute atomic E-state index is 0. The van der Waals surface area contributed by atoms with Crippen LogP contribution in [0.3, 0.4) is 0 Å².